The molecule has 4 rings (SSSR count). The van der Waals surface area contributed by atoms with Gasteiger partial charge < -0.3 is 10.6 Å². The standard InChI is InChI=1S/C18H18N4OS/c19-18-21-17(23)15(24-18)11-13-10-12-6-2-3-7-14(12)20-16(13)22-8-4-1-5-9-22/h2-3,6-7,10-11H,1,4-5,8-9H2,(H2,19,21,23). The van der Waals surface area contributed by atoms with Crippen molar-refractivity contribution in [3.63, 3.8) is 0 Å². The molecule has 6 heteroatoms. The summed E-state index contributed by atoms with van der Waals surface area (Å²) in [6.07, 6.45) is 5.49. The molecule has 1 saturated heterocycles. The first kappa shape index (κ1) is 15.2. The quantitative estimate of drug-likeness (QED) is 0.852. The summed E-state index contributed by atoms with van der Waals surface area (Å²) in [6.45, 7) is 2.00. The lowest BCUT2D eigenvalue weighted by atomic mass is 10.1. The molecule has 3 heterocycles. The third-order valence-corrected chi connectivity index (χ3v) is 5.12. The second-order valence-electron chi connectivity index (χ2n) is 6.01. The van der Waals surface area contributed by atoms with E-state index >= 15 is 0 Å². The van der Waals surface area contributed by atoms with E-state index in [0.717, 1.165) is 35.4 Å². The van der Waals surface area contributed by atoms with Crippen LogP contribution in [0, 0.1) is 0 Å². The van der Waals surface area contributed by atoms with Gasteiger partial charge in [-0.15, -0.1) is 0 Å². The SMILES string of the molecule is NC1=NC(=O)C(=Cc2cc3ccccc3nc2N2CCCCC2)S1. The van der Waals surface area contributed by atoms with Crippen LogP contribution in [0.4, 0.5) is 5.82 Å². The first-order valence-electron chi connectivity index (χ1n) is 8.13. The number of benzene rings is 1. The summed E-state index contributed by atoms with van der Waals surface area (Å²) in [6, 6.07) is 10.2. The molecule has 2 aliphatic rings. The Morgan fingerprint density at radius 1 is 1.17 bits per heavy atom. The molecule has 0 saturated carbocycles. The zero-order valence-corrected chi connectivity index (χ0v) is 14.1. The molecule has 0 bridgehead atoms. The third-order valence-electron chi connectivity index (χ3n) is 4.31. The second-order valence-corrected chi connectivity index (χ2v) is 7.07. The number of piperidine rings is 1. The van der Waals surface area contributed by atoms with Gasteiger partial charge in [-0.05, 0) is 49.2 Å². The topological polar surface area (TPSA) is 71.6 Å². The fourth-order valence-electron chi connectivity index (χ4n) is 3.15. The Bertz CT molecular complexity index is 868. The average Bonchev–Trinajstić information content (AvgIpc) is 2.92. The molecule has 0 aliphatic carbocycles. The third kappa shape index (κ3) is 2.89. The van der Waals surface area contributed by atoms with Crippen molar-refractivity contribution in [3.05, 3.63) is 40.8 Å². The van der Waals surface area contributed by atoms with Crippen molar-refractivity contribution in [2.24, 2.45) is 10.7 Å². The molecule has 1 amide bonds. The predicted molar refractivity (Wildman–Crippen MR) is 100 cm³/mol. The summed E-state index contributed by atoms with van der Waals surface area (Å²) in [5.74, 6) is 0.676. The van der Waals surface area contributed by atoms with Gasteiger partial charge in [-0.2, -0.15) is 4.99 Å². The first-order valence-corrected chi connectivity index (χ1v) is 8.95. The van der Waals surface area contributed by atoms with Gasteiger partial charge in [0.25, 0.3) is 5.91 Å². The molecule has 0 spiro atoms. The van der Waals surface area contributed by atoms with Gasteiger partial charge >= 0.3 is 0 Å². The first-order chi connectivity index (χ1) is 11.7. The van der Waals surface area contributed by atoms with Gasteiger partial charge in [0.15, 0.2) is 5.17 Å². The van der Waals surface area contributed by atoms with Crippen LogP contribution in [-0.4, -0.2) is 29.1 Å². The number of para-hydroxylation sites is 1. The van der Waals surface area contributed by atoms with Crippen molar-refractivity contribution < 1.29 is 4.79 Å². The molecule has 122 valence electrons. The van der Waals surface area contributed by atoms with E-state index in [1.165, 1.54) is 31.0 Å². The molecule has 5 nitrogen and oxygen atoms in total. The van der Waals surface area contributed by atoms with Crippen molar-refractivity contribution in [2.75, 3.05) is 18.0 Å². The van der Waals surface area contributed by atoms with Crippen LogP contribution in [0.15, 0.2) is 40.2 Å². The molecule has 0 radical (unpaired) electrons. The molecular weight excluding hydrogens is 320 g/mol. The number of amidine groups is 1. The number of hydrogen-bond donors (Lipinski definition) is 1. The summed E-state index contributed by atoms with van der Waals surface area (Å²) < 4.78 is 0. The lowest BCUT2D eigenvalue weighted by Gasteiger charge is -2.29. The fourth-order valence-corrected chi connectivity index (χ4v) is 3.83. The smallest absolute Gasteiger partial charge is 0.286 e. The number of hydrogen-bond acceptors (Lipinski definition) is 5. The van der Waals surface area contributed by atoms with Gasteiger partial charge in [0.2, 0.25) is 0 Å². The minimum atomic E-state index is -0.268. The van der Waals surface area contributed by atoms with E-state index in [2.05, 4.69) is 16.0 Å². The van der Waals surface area contributed by atoms with E-state index < -0.39 is 0 Å². The van der Waals surface area contributed by atoms with E-state index in [-0.39, 0.29) is 5.91 Å². The van der Waals surface area contributed by atoms with Gasteiger partial charge in [0, 0.05) is 24.0 Å². The minimum absolute atomic E-state index is 0.268. The van der Waals surface area contributed by atoms with E-state index in [1.54, 1.807) is 0 Å². The van der Waals surface area contributed by atoms with Gasteiger partial charge in [-0.3, -0.25) is 4.79 Å². The number of anilines is 1. The van der Waals surface area contributed by atoms with Crippen molar-refractivity contribution in [3.8, 4) is 0 Å². The van der Waals surface area contributed by atoms with Crippen molar-refractivity contribution in [1.29, 1.82) is 0 Å². The van der Waals surface area contributed by atoms with Crippen molar-refractivity contribution in [2.45, 2.75) is 19.3 Å². The number of amides is 1. The predicted octanol–water partition coefficient (Wildman–Crippen LogP) is 3.15. The van der Waals surface area contributed by atoms with Crippen LogP contribution in [-0.2, 0) is 4.79 Å². The molecular formula is C18H18N4OS. The normalized spacial score (nSPS) is 20.0. The Balaban J connectivity index is 1.82. The number of aromatic nitrogens is 1. The summed E-state index contributed by atoms with van der Waals surface area (Å²) in [5, 5.41) is 1.37. The van der Waals surface area contributed by atoms with Crippen LogP contribution in [0.1, 0.15) is 24.8 Å². The highest BCUT2D eigenvalue weighted by Crippen LogP contribution is 2.32. The minimum Gasteiger partial charge on any atom is -0.378 e. The van der Waals surface area contributed by atoms with Gasteiger partial charge in [0.05, 0.1) is 10.4 Å². The maximum absolute atomic E-state index is 11.9. The van der Waals surface area contributed by atoms with E-state index in [4.69, 9.17) is 10.7 Å². The number of nitrogens with two attached hydrogens (primary N) is 1. The molecule has 2 N–H and O–H groups in total. The number of pyridine rings is 1. The lowest BCUT2D eigenvalue weighted by molar-refractivity contribution is -0.113. The summed E-state index contributed by atoms with van der Waals surface area (Å²) >= 11 is 1.22. The van der Waals surface area contributed by atoms with Crippen molar-refractivity contribution >= 4 is 45.6 Å². The highest BCUT2D eigenvalue weighted by atomic mass is 32.2. The van der Waals surface area contributed by atoms with Gasteiger partial charge in [0.1, 0.15) is 5.82 Å². The molecule has 1 aromatic carbocycles. The molecule has 1 aromatic heterocycles. The number of thioether (sulfide) groups is 1. The Morgan fingerprint density at radius 3 is 2.71 bits per heavy atom. The van der Waals surface area contributed by atoms with Crippen LogP contribution in [0.5, 0.6) is 0 Å². The number of fused-ring (bicyclic) bond motifs is 1. The molecule has 0 unspecified atom stereocenters. The summed E-state index contributed by atoms with van der Waals surface area (Å²) in [4.78, 5) is 23.5. The molecule has 24 heavy (non-hydrogen) atoms. The zero-order valence-electron chi connectivity index (χ0n) is 13.2. The maximum atomic E-state index is 11.9. The largest absolute Gasteiger partial charge is 0.378 e. The van der Waals surface area contributed by atoms with Crippen LogP contribution in [0.3, 0.4) is 0 Å². The lowest BCUT2D eigenvalue weighted by Crippen LogP contribution is -2.30. The van der Waals surface area contributed by atoms with E-state index in [1.807, 2.05) is 30.3 Å². The highest BCUT2D eigenvalue weighted by Gasteiger charge is 2.22. The van der Waals surface area contributed by atoms with Crippen molar-refractivity contribution in [1.82, 2.24) is 4.98 Å². The Kier molecular flexibility index (Phi) is 3.98. The maximum Gasteiger partial charge on any atom is 0.286 e. The number of carbonyl (C=O) groups excluding carboxylic acids is 1. The van der Waals surface area contributed by atoms with E-state index in [0.29, 0.717) is 10.1 Å². The molecule has 2 aliphatic heterocycles. The Morgan fingerprint density at radius 2 is 1.96 bits per heavy atom. The van der Waals surface area contributed by atoms with Crippen LogP contribution in [0.25, 0.3) is 17.0 Å². The fraction of sp³-hybridized carbons (Fsp3) is 0.278. The van der Waals surface area contributed by atoms with Crippen LogP contribution in [0.2, 0.25) is 0 Å². The molecule has 0 atom stereocenters. The van der Waals surface area contributed by atoms with Crippen LogP contribution < -0.4 is 10.6 Å². The Hall–Kier alpha value is -2.34. The van der Waals surface area contributed by atoms with Gasteiger partial charge in [-0.1, -0.05) is 18.2 Å². The Labute approximate surface area is 144 Å². The zero-order chi connectivity index (χ0) is 16.5. The number of carbonyl (C=O) groups is 1. The van der Waals surface area contributed by atoms with Crippen LogP contribution >= 0.6 is 11.8 Å². The number of rotatable bonds is 2. The summed E-state index contributed by atoms with van der Waals surface area (Å²) in [7, 11) is 0. The van der Waals surface area contributed by atoms with E-state index in [9.17, 15) is 4.79 Å². The number of aliphatic imine (C=N–C) groups is 1. The molecule has 1 fully saturated rings. The number of nitrogens with zero attached hydrogens (tertiary/aromatic N) is 3. The second kappa shape index (κ2) is 6.28. The summed E-state index contributed by atoms with van der Waals surface area (Å²) in [5.41, 5.74) is 7.59. The monoisotopic (exact) mass is 338 g/mol. The van der Waals surface area contributed by atoms with Gasteiger partial charge in [-0.25, -0.2) is 4.98 Å². The molecule has 2 aromatic rings. The average molecular weight is 338 g/mol. The highest BCUT2D eigenvalue weighted by molar-refractivity contribution is 8.18.